The number of amides is 1. The predicted octanol–water partition coefficient (Wildman–Crippen LogP) is 4.80. The van der Waals surface area contributed by atoms with E-state index in [2.05, 4.69) is 11.4 Å². The van der Waals surface area contributed by atoms with Crippen molar-refractivity contribution in [2.24, 2.45) is 0 Å². The maximum absolute atomic E-state index is 12.8. The third kappa shape index (κ3) is 4.44. The molecule has 0 saturated heterocycles. The Labute approximate surface area is 161 Å². The van der Waals surface area contributed by atoms with Crippen LogP contribution in [-0.2, 0) is 4.79 Å². The maximum atomic E-state index is 12.8. The lowest BCUT2D eigenvalue weighted by Crippen LogP contribution is -2.44. The van der Waals surface area contributed by atoms with E-state index in [4.69, 9.17) is 9.47 Å². The van der Waals surface area contributed by atoms with Crippen molar-refractivity contribution in [3.8, 4) is 11.5 Å². The zero-order valence-electron chi connectivity index (χ0n) is 17.1. The number of carbonyl (C=O) groups excluding carboxylic acids is 1. The normalized spacial score (nSPS) is 18.8. The topological polar surface area (TPSA) is 47.6 Å². The molecule has 0 fully saturated rings. The largest absolute Gasteiger partial charge is 0.487 e. The van der Waals surface area contributed by atoms with Crippen molar-refractivity contribution in [2.45, 2.75) is 65.7 Å². The Bertz CT molecular complexity index is 857. The van der Waals surface area contributed by atoms with Gasteiger partial charge in [0.25, 0.3) is 5.91 Å². The van der Waals surface area contributed by atoms with E-state index < -0.39 is 6.10 Å². The molecule has 1 aliphatic heterocycles. The molecule has 3 rings (SSSR count). The van der Waals surface area contributed by atoms with Crippen LogP contribution in [-0.4, -0.2) is 17.6 Å². The molecule has 0 unspecified atom stereocenters. The Balaban J connectivity index is 1.76. The minimum Gasteiger partial charge on any atom is -0.487 e. The van der Waals surface area contributed by atoms with Gasteiger partial charge >= 0.3 is 0 Å². The third-order valence-electron chi connectivity index (χ3n) is 4.96. The average Bonchev–Trinajstić information content (AvgIpc) is 2.56. The highest BCUT2D eigenvalue weighted by Gasteiger charge is 2.35. The molecule has 1 amide bonds. The minimum atomic E-state index is -0.578. The molecular formula is C23H29NO3. The smallest absolute Gasteiger partial charge is 0.261 e. The van der Waals surface area contributed by atoms with Crippen molar-refractivity contribution in [3.05, 3.63) is 58.7 Å². The van der Waals surface area contributed by atoms with Crippen LogP contribution in [0.2, 0.25) is 0 Å². The second kappa shape index (κ2) is 7.26. The average molecular weight is 367 g/mol. The monoisotopic (exact) mass is 367 g/mol. The van der Waals surface area contributed by atoms with Crippen molar-refractivity contribution in [3.63, 3.8) is 0 Å². The first-order valence-electron chi connectivity index (χ1n) is 9.48. The van der Waals surface area contributed by atoms with Gasteiger partial charge in [0.1, 0.15) is 17.1 Å². The summed E-state index contributed by atoms with van der Waals surface area (Å²) in [7, 11) is 0. The summed E-state index contributed by atoms with van der Waals surface area (Å²) < 4.78 is 12.1. The number of hydrogen-bond acceptors (Lipinski definition) is 3. The highest BCUT2D eigenvalue weighted by atomic mass is 16.5. The fourth-order valence-electron chi connectivity index (χ4n) is 3.45. The van der Waals surface area contributed by atoms with Crippen LogP contribution in [0.25, 0.3) is 0 Å². The van der Waals surface area contributed by atoms with E-state index in [-0.39, 0.29) is 17.6 Å². The van der Waals surface area contributed by atoms with Gasteiger partial charge in [0.05, 0.1) is 6.04 Å². The zero-order chi connectivity index (χ0) is 19.8. The molecule has 0 saturated carbocycles. The highest BCUT2D eigenvalue weighted by Crippen LogP contribution is 2.40. The summed E-state index contributed by atoms with van der Waals surface area (Å²) >= 11 is 0. The van der Waals surface area contributed by atoms with Gasteiger partial charge < -0.3 is 14.8 Å². The summed E-state index contributed by atoms with van der Waals surface area (Å²) in [4.78, 5) is 12.8. The number of ether oxygens (including phenoxy) is 2. The van der Waals surface area contributed by atoms with E-state index in [9.17, 15) is 4.79 Å². The molecule has 0 aromatic heterocycles. The van der Waals surface area contributed by atoms with Crippen molar-refractivity contribution in [1.29, 1.82) is 0 Å². The van der Waals surface area contributed by atoms with Gasteiger partial charge in [-0.05, 0) is 70.4 Å². The Morgan fingerprint density at radius 3 is 2.56 bits per heavy atom. The van der Waals surface area contributed by atoms with Gasteiger partial charge in [0.2, 0.25) is 0 Å². The Hall–Kier alpha value is -2.49. The second-order valence-corrected chi connectivity index (χ2v) is 8.20. The van der Waals surface area contributed by atoms with Crippen LogP contribution < -0.4 is 14.8 Å². The second-order valence-electron chi connectivity index (χ2n) is 8.20. The molecule has 0 aliphatic carbocycles. The zero-order valence-corrected chi connectivity index (χ0v) is 17.1. The molecule has 27 heavy (non-hydrogen) atoms. The number of aryl methyl sites for hydroxylation is 3. The van der Waals surface area contributed by atoms with Gasteiger partial charge in [-0.25, -0.2) is 0 Å². The molecule has 2 atom stereocenters. The number of fused-ring (bicyclic) bond motifs is 1. The van der Waals surface area contributed by atoms with Crippen molar-refractivity contribution in [1.82, 2.24) is 5.32 Å². The molecule has 1 N–H and O–H groups in total. The first kappa shape index (κ1) is 19.3. The molecule has 1 heterocycles. The standard InChI is InChI=1S/C23H29NO3/c1-14-7-9-16(3)20(11-14)26-17(4)22(25)24-19-13-23(5,6)27-21-12-15(2)8-10-18(19)21/h7-12,17,19H,13H2,1-6H3,(H,24,25)/t17-,19+/m1/s1. The lowest BCUT2D eigenvalue weighted by Gasteiger charge is -2.38. The fraction of sp³-hybridized carbons (Fsp3) is 0.435. The predicted molar refractivity (Wildman–Crippen MR) is 107 cm³/mol. The third-order valence-corrected chi connectivity index (χ3v) is 4.96. The highest BCUT2D eigenvalue weighted by molar-refractivity contribution is 5.81. The Kier molecular flexibility index (Phi) is 5.18. The molecule has 0 radical (unpaired) electrons. The minimum absolute atomic E-state index is 0.0958. The number of carbonyl (C=O) groups is 1. The fourth-order valence-corrected chi connectivity index (χ4v) is 3.45. The first-order valence-corrected chi connectivity index (χ1v) is 9.48. The Morgan fingerprint density at radius 2 is 1.81 bits per heavy atom. The van der Waals surface area contributed by atoms with E-state index in [1.807, 2.05) is 65.0 Å². The molecule has 144 valence electrons. The van der Waals surface area contributed by atoms with E-state index in [0.717, 1.165) is 33.8 Å². The number of hydrogen-bond donors (Lipinski definition) is 1. The van der Waals surface area contributed by atoms with Crippen LogP contribution in [0.5, 0.6) is 11.5 Å². The van der Waals surface area contributed by atoms with Crippen molar-refractivity contribution < 1.29 is 14.3 Å². The molecule has 2 aromatic rings. The summed E-state index contributed by atoms with van der Waals surface area (Å²) in [6.45, 7) is 11.9. The van der Waals surface area contributed by atoms with Gasteiger partial charge in [-0.2, -0.15) is 0 Å². The van der Waals surface area contributed by atoms with E-state index in [0.29, 0.717) is 6.42 Å². The number of nitrogens with one attached hydrogen (secondary N) is 1. The van der Waals surface area contributed by atoms with Gasteiger partial charge in [0.15, 0.2) is 6.10 Å². The molecule has 4 heteroatoms. The summed E-state index contributed by atoms with van der Waals surface area (Å²) in [6, 6.07) is 12.0. The van der Waals surface area contributed by atoms with Crippen LogP contribution in [0.3, 0.4) is 0 Å². The van der Waals surface area contributed by atoms with Crippen LogP contribution in [0, 0.1) is 20.8 Å². The number of rotatable bonds is 4. The Morgan fingerprint density at radius 1 is 1.15 bits per heavy atom. The van der Waals surface area contributed by atoms with Crippen LogP contribution in [0.1, 0.15) is 55.5 Å². The van der Waals surface area contributed by atoms with Gasteiger partial charge in [-0.3, -0.25) is 4.79 Å². The van der Waals surface area contributed by atoms with E-state index in [1.165, 1.54) is 0 Å². The van der Waals surface area contributed by atoms with E-state index >= 15 is 0 Å². The van der Waals surface area contributed by atoms with E-state index in [1.54, 1.807) is 6.92 Å². The van der Waals surface area contributed by atoms with Crippen LogP contribution in [0.15, 0.2) is 36.4 Å². The molecule has 0 spiro atoms. The molecule has 1 aliphatic rings. The van der Waals surface area contributed by atoms with Crippen molar-refractivity contribution in [2.75, 3.05) is 0 Å². The first-order chi connectivity index (χ1) is 12.6. The SMILES string of the molecule is Cc1ccc(C)c(O[C@H](C)C(=O)N[C@H]2CC(C)(C)Oc3cc(C)ccc32)c1. The number of benzene rings is 2. The molecule has 4 nitrogen and oxygen atoms in total. The van der Waals surface area contributed by atoms with Crippen molar-refractivity contribution >= 4 is 5.91 Å². The summed E-state index contributed by atoms with van der Waals surface area (Å²) in [5.41, 5.74) is 3.96. The molecular weight excluding hydrogens is 338 g/mol. The van der Waals surface area contributed by atoms with Crippen LogP contribution >= 0.6 is 0 Å². The van der Waals surface area contributed by atoms with Gasteiger partial charge in [-0.1, -0.05) is 24.3 Å². The lowest BCUT2D eigenvalue weighted by atomic mass is 9.89. The molecule has 0 bridgehead atoms. The maximum Gasteiger partial charge on any atom is 0.261 e. The molecule has 2 aromatic carbocycles. The van der Waals surface area contributed by atoms with Gasteiger partial charge in [-0.15, -0.1) is 0 Å². The van der Waals surface area contributed by atoms with Crippen LogP contribution in [0.4, 0.5) is 0 Å². The lowest BCUT2D eigenvalue weighted by molar-refractivity contribution is -0.128. The summed E-state index contributed by atoms with van der Waals surface area (Å²) in [5.74, 6) is 1.48. The van der Waals surface area contributed by atoms with Gasteiger partial charge in [0, 0.05) is 12.0 Å². The quantitative estimate of drug-likeness (QED) is 0.844. The summed E-state index contributed by atoms with van der Waals surface area (Å²) in [6.07, 6.45) is 0.135. The summed E-state index contributed by atoms with van der Waals surface area (Å²) in [5, 5.41) is 3.16.